The lowest BCUT2D eigenvalue weighted by Crippen LogP contribution is -2.39. The van der Waals surface area contributed by atoms with Crippen LogP contribution in [0.5, 0.6) is 0 Å². The first-order chi connectivity index (χ1) is 11.0. The van der Waals surface area contributed by atoms with Crippen molar-refractivity contribution in [3.63, 3.8) is 0 Å². The Kier molecular flexibility index (Phi) is 4.24. The van der Waals surface area contributed by atoms with Gasteiger partial charge < -0.3 is 15.4 Å². The number of amides is 1. The number of hydrogen-bond acceptors (Lipinski definition) is 3. The van der Waals surface area contributed by atoms with Gasteiger partial charge in [-0.15, -0.1) is 0 Å². The van der Waals surface area contributed by atoms with Gasteiger partial charge in [0.25, 0.3) is 0 Å². The van der Waals surface area contributed by atoms with Gasteiger partial charge in [0.1, 0.15) is 5.60 Å². The second-order valence-corrected chi connectivity index (χ2v) is 6.79. The van der Waals surface area contributed by atoms with E-state index in [1.165, 1.54) is 11.3 Å². The van der Waals surface area contributed by atoms with Crippen LogP contribution < -0.4 is 5.32 Å². The number of carbonyl (C=O) groups is 1. The summed E-state index contributed by atoms with van der Waals surface area (Å²) in [6.45, 7) is 3.89. The molecule has 1 unspecified atom stereocenters. The van der Waals surface area contributed by atoms with Crippen LogP contribution in [0.25, 0.3) is 10.9 Å². The summed E-state index contributed by atoms with van der Waals surface area (Å²) < 4.78 is 0. The maximum Gasteiger partial charge on any atom is 0.224 e. The zero-order chi connectivity index (χ0) is 16.4. The first kappa shape index (κ1) is 15.8. The Morgan fingerprint density at radius 2 is 2.13 bits per heavy atom. The van der Waals surface area contributed by atoms with Crippen molar-refractivity contribution in [2.24, 2.45) is 0 Å². The number of aryl methyl sites for hydroxylation is 1. The van der Waals surface area contributed by atoms with E-state index < -0.39 is 5.60 Å². The van der Waals surface area contributed by atoms with Gasteiger partial charge in [0, 0.05) is 16.6 Å². The van der Waals surface area contributed by atoms with Gasteiger partial charge in [-0.2, -0.15) is 11.3 Å². The highest BCUT2D eigenvalue weighted by molar-refractivity contribution is 7.08. The molecule has 2 heterocycles. The van der Waals surface area contributed by atoms with Crippen molar-refractivity contribution in [1.82, 2.24) is 10.3 Å². The van der Waals surface area contributed by atoms with E-state index in [0.717, 1.165) is 27.7 Å². The molecule has 3 N–H and O–H groups in total. The van der Waals surface area contributed by atoms with Crippen LogP contribution in [0, 0.1) is 6.92 Å². The molecule has 2 aromatic heterocycles. The summed E-state index contributed by atoms with van der Waals surface area (Å²) in [7, 11) is 0. The maximum atomic E-state index is 12.3. The van der Waals surface area contributed by atoms with E-state index in [9.17, 15) is 9.90 Å². The molecule has 0 spiro atoms. The standard InChI is InChI=1S/C18H20N2O2S/c1-12-15(14-5-3-4-6-16(14)20-12)9-17(21)19-11-18(2,22)13-7-8-23-10-13/h3-8,10,20,22H,9,11H2,1-2H3,(H,19,21). The van der Waals surface area contributed by atoms with Crippen LogP contribution in [0.3, 0.4) is 0 Å². The van der Waals surface area contributed by atoms with Crippen molar-refractivity contribution in [3.8, 4) is 0 Å². The quantitative estimate of drug-likeness (QED) is 0.674. The van der Waals surface area contributed by atoms with Crippen LogP contribution in [0.4, 0.5) is 0 Å². The molecular formula is C18H20N2O2S. The highest BCUT2D eigenvalue weighted by atomic mass is 32.1. The van der Waals surface area contributed by atoms with E-state index >= 15 is 0 Å². The van der Waals surface area contributed by atoms with Crippen molar-refractivity contribution in [3.05, 3.63) is 57.9 Å². The predicted molar refractivity (Wildman–Crippen MR) is 93.6 cm³/mol. The monoisotopic (exact) mass is 328 g/mol. The number of rotatable bonds is 5. The van der Waals surface area contributed by atoms with Crippen molar-refractivity contribution >= 4 is 28.1 Å². The average Bonchev–Trinajstić information content (AvgIpc) is 3.15. The minimum absolute atomic E-state index is 0.0895. The molecule has 0 bridgehead atoms. The summed E-state index contributed by atoms with van der Waals surface area (Å²) in [4.78, 5) is 15.6. The molecule has 4 nitrogen and oxygen atoms in total. The smallest absolute Gasteiger partial charge is 0.224 e. The summed E-state index contributed by atoms with van der Waals surface area (Å²) in [5, 5.41) is 18.2. The Hall–Kier alpha value is -2.11. The van der Waals surface area contributed by atoms with Gasteiger partial charge in [-0.3, -0.25) is 4.79 Å². The largest absolute Gasteiger partial charge is 0.384 e. The lowest BCUT2D eigenvalue weighted by Gasteiger charge is -2.22. The number of thiophene rings is 1. The van der Waals surface area contributed by atoms with Crippen LogP contribution in [0.2, 0.25) is 0 Å². The number of aliphatic hydroxyl groups is 1. The average molecular weight is 328 g/mol. The lowest BCUT2D eigenvalue weighted by molar-refractivity contribution is -0.121. The van der Waals surface area contributed by atoms with Crippen LogP contribution in [0.1, 0.15) is 23.7 Å². The lowest BCUT2D eigenvalue weighted by atomic mass is 9.99. The fraction of sp³-hybridized carbons (Fsp3) is 0.278. The molecule has 3 rings (SSSR count). The Balaban J connectivity index is 1.69. The highest BCUT2D eigenvalue weighted by Gasteiger charge is 2.24. The number of hydrogen-bond donors (Lipinski definition) is 3. The number of aromatic amines is 1. The Labute approximate surface area is 139 Å². The normalized spacial score (nSPS) is 13.9. The summed E-state index contributed by atoms with van der Waals surface area (Å²) in [5.74, 6) is -0.0895. The Bertz CT molecular complexity index is 819. The molecule has 0 saturated heterocycles. The molecule has 0 aliphatic carbocycles. The van der Waals surface area contributed by atoms with Gasteiger partial charge in [-0.05, 0) is 47.9 Å². The third kappa shape index (κ3) is 3.30. The molecule has 23 heavy (non-hydrogen) atoms. The second kappa shape index (κ2) is 6.18. The van der Waals surface area contributed by atoms with Gasteiger partial charge in [0.2, 0.25) is 5.91 Å². The van der Waals surface area contributed by atoms with Crippen molar-refractivity contribution in [1.29, 1.82) is 0 Å². The predicted octanol–water partition coefficient (Wildman–Crippen LogP) is 3.10. The van der Waals surface area contributed by atoms with Gasteiger partial charge in [-0.1, -0.05) is 18.2 Å². The number of benzene rings is 1. The summed E-state index contributed by atoms with van der Waals surface area (Å²) in [5.41, 5.74) is 2.83. The van der Waals surface area contributed by atoms with Crippen LogP contribution in [0.15, 0.2) is 41.1 Å². The van der Waals surface area contributed by atoms with Crippen molar-refractivity contribution < 1.29 is 9.90 Å². The fourth-order valence-electron chi connectivity index (χ4n) is 2.73. The Morgan fingerprint density at radius 3 is 2.87 bits per heavy atom. The highest BCUT2D eigenvalue weighted by Crippen LogP contribution is 2.23. The zero-order valence-corrected chi connectivity index (χ0v) is 14.0. The molecule has 120 valence electrons. The summed E-state index contributed by atoms with van der Waals surface area (Å²) in [6, 6.07) is 9.84. The molecular weight excluding hydrogens is 308 g/mol. The molecule has 3 aromatic rings. The SMILES string of the molecule is Cc1[nH]c2ccccc2c1CC(=O)NCC(C)(O)c1ccsc1. The molecule has 0 radical (unpaired) electrons. The molecule has 1 aromatic carbocycles. The van der Waals surface area contributed by atoms with E-state index in [0.29, 0.717) is 6.42 Å². The van der Waals surface area contributed by atoms with E-state index in [4.69, 9.17) is 0 Å². The van der Waals surface area contributed by atoms with E-state index in [-0.39, 0.29) is 12.5 Å². The number of carbonyl (C=O) groups excluding carboxylic acids is 1. The van der Waals surface area contributed by atoms with Gasteiger partial charge in [0.05, 0.1) is 13.0 Å². The van der Waals surface area contributed by atoms with E-state index in [2.05, 4.69) is 10.3 Å². The molecule has 0 aliphatic rings. The van der Waals surface area contributed by atoms with Crippen LogP contribution in [-0.4, -0.2) is 22.5 Å². The van der Waals surface area contributed by atoms with Crippen LogP contribution >= 0.6 is 11.3 Å². The fourth-order valence-corrected chi connectivity index (χ4v) is 3.51. The first-order valence-corrected chi connectivity index (χ1v) is 8.49. The van der Waals surface area contributed by atoms with E-state index in [1.54, 1.807) is 6.92 Å². The summed E-state index contributed by atoms with van der Waals surface area (Å²) in [6.07, 6.45) is 0.301. The number of nitrogens with one attached hydrogen (secondary N) is 2. The summed E-state index contributed by atoms with van der Waals surface area (Å²) >= 11 is 1.53. The van der Waals surface area contributed by atoms with Crippen molar-refractivity contribution in [2.45, 2.75) is 25.9 Å². The topological polar surface area (TPSA) is 65.1 Å². The Morgan fingerprint density at radius 1 is 1.35 bits per heavy atom. The third-order valence-electron chi connectivity index (χ3n) is 4.14. The molecule has 1 atom stereocenters. The van der Waals surface area contributed by atoms with Crippen molar-refractivity contribution in [2.75, 3.05) is 6.54 Å². The number of fused-ring (bicyclic) bond motifs is 1. The molecule has 0 fully saturated rings. The minimum Gasteiger partial charge on any atom is -0.384 e. The molecule has 0 saturated carbocycles. The first-order valence-electron chi connectivity index (χ1n) is 7.55. The van der Waals surface area contributed by atoms with Gasteiger partial charge in [0.15, 0.2) is 0 Å². The van der Waals surface area contributed by atoms with E-state index in [1.807, 2.05) is 48.0 Å². The van der Waals surface area contributed by atoms with Gasteiger partial charge in [-0.25, -0.2) is 0 Å². The number of para-hydroxylation sites is 1. The molecule has 1 amide bonds. The van der Waals surface area contributed by atoms with Crippen LogP contribution in [-0.2, 0) is 16.8 Å². The molecule has 0 aliphatic heterocycles. The minimum atomic E-state index is -1.05. The third-order valence-corrected chi connectivity index (χ3v) is 4.82. The number of aromatic nitrogens is 1. The second-order valence-electron chi connectivity index (χ2n) is 6.01. The number of H-pyrrole nitrogens is 1. The maximum absolute atomic E-state index is 12.3. The molecule has 5 heteroatoms. The van der Waals surface area contributed by atoms with Gasteiger partial charge >= 0.3 is 0 Å². The zero-order valence-electron chi connectivity index (χ0n) is 13.2.